The van der Waals surface area contributed by atoms with Crippen LogP contribution in [-0.2, 0) is 19.1 Å². The van der Waals surface area contributed by atoms with Crippen molar-refractivity contribution in [2.45, 2.75) is 19.0 Å². The number of aryl methyl sites for hydroxylation is 1. The van der Waals surface area contributed by atoms with Crippen molar-refractivity contribution in [3.05, 3.63) is 65.2 Å². The van der Waals surface area contributed by atoms with Crippen molar-refractivity contribution in [2.24, 2.45) is 11.8 Å². The molecule has 2 aliphatic heterocycles. The van der Waals surface area contributed by atoms with Gasteiger partial charge in [0.2, 0.25) is 0 Å². The van der Waals surface area contributed by atoms with Crippen LogP contribution >= 0.6 is 0 Å². The van der Waals surface area contributed by atoms with E-state index in [0.717, 1.165) is 16.8 Å². The summed E-state index contributed by atoms with van der Waals surface area (Å²) < 4.78 is 10.0. The number of carbonyl (C=O) groups excluding carboxylic acids is 3. The molecule has 1 fully saturated rings. The summed E-state index contributed by atoms with van der Waals surface area (Å²) in [7, 11) is 2.57. The topological polar surface area (TPSA) is 72.9 Å². The molecule has 2 aromatic rings. The molecule has 4 rings (SSSR count). The van der Waals surface area contributed by atoms with Gasteiger partial charge in [-0.1, -0.05) is 35.9 Å². The first-order chi connectivity index (χ1) is 13.5. The van der Waals surface area contributed by atoms with Crippen LogP contribution in [-0.4, -0.2) is 38.0 Å². The summed E-state index contributed by atoms with van der Waals surface area (Å²) in [6.07, 6.45) is 0. The third-order valence-corrected chi connectivity index (χ3v) is 5.73. The quantitative estimate of drug-likeness (QED) is 0.764. The molecule has 2 aliphatic rings. The molecule has 6 heteroatoms. The second kappa shape index (κ2) is 6.78. The molecule has 0 saturated carbocycles. The van der Waals surface area contributed by atoms with Gasteiger partial charge in [0.25, 0.3) is 0 Å². The number of rotatable bonds is 3. The Kier molecular flexibility index (Phi) is 4.41. The van der Waals surface area contributed by atoms with Crippen LogP contribution in [0.4, 0.5) is 5.69 Å². The second-order valence-corrected chi connectivity index (χ2v) is 7.19. The Morgan fingerprint density at radius 1 is 0.893 bits per heavy atom. The molecule has 0 radical (unpaired) electrons. The van der Waals surface area contributed by atoms with Crippen LogP contribution in [0.25, 0.3) is 0 Å². The van der Waals surface area contributed by atoms with Crippen LogP contribution in [0.1, 0.15) is 27.5 Å². The van der Waals surface area contributed by atoms with Gasteiger partial charge in [-0.3, -0.25) is 14.4 Å². The Hall–Kier alpha value is -3.15. The number of hydrogen-bond acceptors (Lipinski definition) is 6. The number of ether oxygens (including phenoxy) is 2. The first-order valence-corrected chi connectivity index (χ1v) is 9.13. The van der Waals surface area contributed by atoms with Gasteiger partial charge < -0.3 is 14.4 Å². The summed E-state index contributed by atoms with van der Waals surface area (Å²) in [5.74, 6) is -3.06. The Morgan fingerprint density at radius 3 is 2.11 bits per heavy atom. The van der Waals surface area contributed by atoms with Gasteiger partial charge in [-0.2, -0.15) is 0 Å². The smallest absolute Gasteiger partial charge is 0.312 e. The van der Waals surface area contributed by atoms with Gasteiger partial charge in [-0.15, -0.1) is 0 Å². The lowest BCUT2D eigenvalue weighted by Gasteiger charge is -2.38. The number of hydrogen-bond donors (Lipinski definition) is 0. The standard InChI is InChI=1S/C22H21NO5/c1-12-9-10-14-15(11-12)20(24)19-17(22(26)28-3)16(21(25)27-2)18(14)23(19)13-7-5-4-6-8-13/h4-11,16-19H,1-3H3/t16-,17-,18+,19-/m0/s1. The first-order valence-electron chi connectivity index (χ1n) is 9.13. The zero-order chi connectivity index (χ0) is 20.0. The summed E-state index contributed by atoms with van der Waals surface area (Å²) in [6, 6.07) is 13.7. The van der Waals surface area contributed by atoms with Crippen molar-refractivity contribution < 1.29 is 23.9 Å². The maximum atomic E-state index is 13.5. The van der Waals surface area contributed by atoms with Gasteiger partial charge in [0.1, 0.15) is 12.0 Å². The highest BCUT2D eigenvalue weighted by Gasteiger charge is 2.62. The van der Waals surface area contributed by atoms with Crippen LogP contribution in [0.3, 0.4) is 0 Å². The molecule has 1 saturated heterocycles. The van der Waals surface area contributed by atoms with Gasteiger partial charge in [-0.25, -0.2) is 0 Å². The molecule has 144 valence electrons. The Balaban J connectivity index is 1.99. The van der Waals surface area contributed by atoms with Crippen molar-refractivity contribution in [1.29, 1.82) is 0 Å². The van der Waals surface area contributed by atoms with Crippen molar-refractivity contribution >= 4 is 23.4 Å². The predicted molar refractivity (Wildman–Crippen MR) is 102 cm³/mol. The highest BCUT2D eigenvalue weighted by Crippen LogP contribution is 2.53. The van der Waals surface area contributed by atoms with Gasteiger partial charge >= 0.3 is 11.9 Å². The van der Waals surface area contributed by atoms with E-state index in [4.69, 9.17) is 9.47 Å². The van der Waals surface area contributed by atoms with E-state index in [1.165, 1.54) is 14.2 Å². The number of anilines is 1. The van der Waals surface area contributed by atoms with Crippen LogP contribution < -0.4 is 4.90 Å². The van der Waals surface area contributed by atoms with Crippen molar-refractivity contribution in [1.82, 2.24) is 0 Å². The lowest BCUT2D eigenvalue weighted by Crippen LogP contribution is -2.46. The van der Waals surface area contributed by atoms with E-state index in [0.29, 0.717) is 5.56 Å². The average molecular weight is 379 g/mol. The molecule has 0 unspecified atom stereocenters. The highest BCUT2D eigenvalue weighted by atomic mass is 16.5. The van der Waals surface area contributed by atoms with Crippen molar-refractivity contribution in [2.75, 3.05) is 19.1 Å². The van der Waals surface area contributed by atoms with Crippen molar-refractivity contribution in [3.8, 4) is 0 Å². The molecule has 2 heterocycles. The molecular weight excluding hydrogens is 358 g/mol. The van der Waals surface area contributed by atoms with E-state index in [-0.39, 0.29) is 5.78 Å². The predicted octanol–water partition coefficient (Wildman–Crippen LogP) is 2.70. The van der Waals surface area contributed by atoms with Crippen LogP contribution in [0.15, 0.2) is 48.5 Å². The van der Waals surface area contributed by atoms with Gasteiger partial charge in [0, 0.05) is 11.3 Å². The van der Waals surface area contributed by atoms with Gasteiger partial charge in [-0.05, 0) is 30.7 Å². The van der Waals surface area contributed by atoms with E-state index in [2.05, 4.69) is 0 Å². The molecule has 2 aromatic carbocycles. The molecule has 2 bridgehead atoms. The molecule has 6 nitrogen and oxygen atoms in total. The Labute approximate surface area is 163 Å². The lowest BCUT2D eigenvalue weighted by molar-refractivity contribution is -0.156. The third-order valence-electron chi connectivity index (χ3n) is 5.73. The molecule has 0 N–H and O–H groups in total. The average Bonchev–Trinajstić information content (AvgIpc) is 3.03. The third kappa shape index (κ3) is 2.52. The molecule has 0 aliphatic carbocycles. The minimum Gasteiger partial charge on any atom is -0.469 e. The zero-order valence-electron chi connectivity index (χ0n) is 15.9. The van der Waals surface area contributed by atoms with Crippen LogP contribution in [0, 0.1) is 18.8 Å². The monoisotopic (exact) mass is 379 g/mol. The fourth-order valence-corrected chi connectivity index (χ4v) is 4.59. The number of nitrogens with zero attached hydrogens (tertiary/aromatic N) is 1. The van der Waals surface area contributed by atoms with E-state index < -0.39 is 35.9 Å². The fourth-order valence-electron chi connectivity index (χ4n) is 4.59. The SMILES string of the molecule is COC(=O)[C@H]1[C@H](C(=O)OC)[C@H]2c3ccc(C)cc3C(=O)[C@H]1N2c1ccccc1. The zero-order valence-corrected chi connectivity index (χ0v) is 15.9. The van der Waals surface area contributed by atoms with Crippen LogP contribution in [0.2, 0.25) is 0 Å². The van der Waals surface area contributed by atoms with E-state index in [1.54, 1.807) is 0 Å². The minimum atomic E-state index is -0.942. The fraction of sp³-hybridized carbons (Fsp3) is 0.318. The number of para-hydroxylation sites is 1. The largest absolute Gasteiger partial charge is 0.469 e. The van der Waals surface area contributed by atoms with E-state index in [1.807, 2.05) is 60.4 Å². The summed E-state index contributed by atoms with van der Waals surface area (Å²) in [5, 5.41) is 0. The molecular formula is C22H21NO5. The lowest BCUT2D eigenvalue weighted by atomic mass is 9.86. The Morgan fingerprint density at radius 2 is 1.50 bits per heavy atom. The summed E-state index contributed by atoms with van der Waals surface area (Å²) in [4.78, 5) is 40.9. The summed E-state index contributed by atoms with van der Waals surface area (Å²) in [5.41, 5.74) is 3.02. The normalized spacial score (nSPS) is 25.2. The van der Waals surface area contributed by atoms with E-state index in [9.17, 15) is 14.4 Å². The number of esters is 2. The maximum absolute atomic E-state index is 13.5. The Bertz CT molecular complexity index is 955. The molecule has 0 amide bonds. The molecule has 0 spiro atoms. The van der Waals surface area contributed by atoms with Crippen molar-refractivity contribution in [3.63, 3.8) is 0 Å². The number of fused-ring (bicyclic) bond motifs is 4. The number of benzene rings is 2. The first kappa shape index (κ1) is 18.2. The van der Waals surface area contributed by atoms with E-state index >= 15 is 0 Å². The van der Waals surface area contributed by atoms with Gasteiger partial charge in [0.15, 0.2) is 5.78 Å². The highest BCUT2D eigenvalue weighted by molar-refractivity contribution is 6.10. The number of Topliss-reactive ketones (excluding diaryl/α,β-unsaturated/α-hetero) is 1. The van der Waals surface area contributed by atoms with Crippen LogP contribution in [0.5, 0.6) is 0 Å². The minimum absolute atomic E-state index is 0.180. The molecule has 4 atom stereocenters. The second-order valence-electron chi connectivity index (χ2n) is 7.19. The molecule has 28 heavy (non-hydrogen) atoms. The summed E-state index contributed by atoms with van der Waals surface area (Å²) in [6.45, 7) is 1.91. The number of carbonyl (C=O) groups is 3. The molecule has 0 aromatic heterocycles. The van der Waals surface area contributed by atoms with Gasteiger partial charge in [0.05, 0.1) is 26.2 Å². The number of methoxy groups -OCH3 is 2. The number of ketones is 1. The maximum Gasteiger partial charge on any atom is 0.312 e. The summed E-state index contributed by atoms with van der Waals surface area (Å²) >= 11 is 0.